The maximum absolute atomic E-state index is 11.5. The molecule has 0 amide bonds. The summed E-state index contributed by atoms with van der Waals surface area (Å²) in [5.41, 5.74) is 7.11. The van der Waals surface area contributed by atoms with E-state index in [1.165, 1.54) is 6.92 Å². The van der Waals surface area contributed by atoms with E-state index in [9.17, 15) is 9.59 Å². The van der Waals surface area contributed by atoms with Gasteiger partial charge in [-0.25, -0.2) is 4.79 Å². The molecule has 1 aromatic rings. The molecule has 92 valence electrons. The molecular weight excluding hydrogens is 286 g/mol. The third-order valence-electron chi connectivity index (χ3n) is 2.22. The van der Waals surface area contributed by atoms with E-state index in [2.05, 4.69) is 15.9 Å². The number of esters is 1. The average Bonchev–Trinajstić information content (AvgIpc) is 2.27. The van der Waals surface area contributed by atoms with E-state index in [1.807, 2.05) is 0 Å². The number of ether oxygens (including phenoxy) is 1. The first-order valence-corrected chi connectivity index (χ1v) is 6.10. The number of nitrogen functional groups attached to an aromatic ring is 1. The molecule has 0 spiro atoms. The maximum Gasteiger partial charge on any atom is 0.340 e. The molecule has 2 N–H and O–H groups in total. The van der Waals surface area contributed by atoms with Gasteiger partial charge < -0.3 is 10.5 Å². The molecule has 0 aromatic heterocycles. The van der Waals surface area contributed by atoms with Gasteiger partial charge in [0.25, 0.3) is 0 Å². The monoisotopic (exact) mass is 299 g/mol. The van der Waals surface area contributed by atoms with Crippen LogP contribution in [0.1, 0.15) is 34.6 Å². The molecule has 1 unspecified atom stereocenters. The topological polar surface area (TPSA) is 69.4 Å². The fourth-order valence-electron chi connectivity index (χ4n) is 1.37. The number of alkyl halides is 1. The summed E-state index contributed by atoms with van der Waals surface area (Å²) in [5.74, 6) is -0.473. The van der Waals surface area contributed by atoms with E-state index in [1.54, 1.807) is 25.1 Å². The zero-order valence-electron chi connectivity index (χ0n) is 9.70. The Balaban J connectivity index is 3.01. The van der Waals surface area contributed by atoms with E-state index in [-0.39, 0.29) is 5.78 Å². The highest BCUT2D eigenvalue weighted by Crippen LogP contribution is 2.27. The van der Waals surface area contributed by atoms with Crippen molar-refractivity contribution in [2.24, 2.45) is 0 Å². The van der Waals surface area contributed by atoms with Gasteiger partial charge in [-0.3, -0.25) is 4.79 Å². The van der Waals surface area contributed by atoms with Gasteiger partial charge in [-0.05, 0) is 31.5 Å². The van der Waals surface area contributed by atoms with E-state index in [0.29, 0.717) is 17.9 Å². The second-order valence-corrected chi connectivity index (χ2v) is 4.46. The van der Waals surface area contributed by atoms with Crippen LogP contribution in [0, 0.1) is 0 Å². The van der Waals surface area contributed by atoms with E-state index in [0.717, 1.165) is 5.56 Å². The molecule has 0 aliphatic rings. The minimum Gasteiger partial charge on any atom is -0.462 e. The molecule has 1 atom stereocenters. The van der Waals surface area contributed by atoms with Gasteiger partial charge >= 0.3 is 5.97 Å². The molecule has 0 bridgehead atoms. The predicted molar refractivity (Wildman–Crippen MR) is 69.2 cm³/mol. The quantitative estimate of drug-likeness (QED) is 0.527. The van der Waals surface area contributed by atoms with Crippen LogP contribution in [0.25, 0.3) is 0 Å². The lowest BCUT2D eigenvalue weighted by Crippen LogP contribution is -2.09. The van der Waals surface area contributed by atoms with Gasteiger partial charge in [-0.15, -0.1) is 0 Å². The van der Waals surface area contributed by atoms with Crippen molar-refractivity contribution in [1.29, 1.82) is 0 Å². The van der Waals surface area contributed by atoms with Gasteiger partial charge in [0.05, 0.1) is 17.0 Å². The third kappa shape index (κ3) is 3.30. The number of Topliss-reactive ketones (excluding diaryl/α,β-unsaturated/α-hetero) is 1. The number of nitrogens with two attached hydrogens (primary N) is 1. The number of anilines is 1. The highest BCUT2D eigenvalue weighted by molar-refractivity contribution is 9.09. The molecule has 0 radical (unpaired) electrons. The Morgan fingerprint density at radius 3 is 2.59 bits per heavy atom. The number of benzene rings is 1. The number of carbonyl (C=O) groups is 2. The summed E-state index contributed by atoms with van der Waals surface area (Å²) in [6, 6.07) is 4.86. The molecule has 0 aliphatic heterocycles. The second kappa shape index (κ2) is 5.82. The first kappa shape index (κ1) is 13.7. The Bertz CT molecular complexity index is 445. The van der Waals surface area contributed by atoms with E-state index in [4.69, 9.17) is 10.5 Å². The molecule has 0 aliphatic carbocycles. The Hall–Kier alpha value is -1.36. The minimum absolute atomic E-state index is 0.0201. The van der Waals surface area contributed by atoms with Crippen molar-refractivity contribution < 1.29 is 14.3 Å². The van der Waals surface area contributed by atoms with Gasteiger partial charge in [-0.1, -0.05) is 22.0 Å². The fourth-order valence-corrected chi connectivity index (χ4v) is 1.65. The average molecular weight is 300 g/mol. The molecule has 0 saturated heterocycles. The zero-order chi connectivity index (χ0) is 13.0. The molecular formula is C12H14BrNO3. The Morgan fingerprint density at radius 2 is 2.12 bits per heavy atom. The lowest BCUT2D eigenvalue weighted by molar-refractivity contribution is -0.116. The van der Waals surface area contributed by atoms with E-state index < -0.39 is 10.8 Å². The third-order valence-corrected chi connectivity index (χ3v) is 3.39. The standard InChI is InChI=1S/C12H14BrNO3/c1-3-17-12(16)9-5-4-8(6-10(9)14)11(13)7(2)15/h4-6,11H,3,14H2,1-2H3. The molecule has 0 saturated carbocycles. The molecule has 17 heavy (non-hydrogen) atoms. The fraction of sp³-hybridized carbons (Fsp3) is 0.333. The van der Waals surface area contributed by atoms with Crippen LogP contribution in [0.5, 0.6) is 0 Å². The lowest BCUT2D eigenvalue weighted by Gasteiger charge is -2.10. The number of carbonyl (C=O) groups excluding carboxylic acids is 2. The Morgan fingerprint density at radius 1 is 1.47 bits per heavy atom. The van der Waals surface area contributed by atoms with Crippen molar-refractivity contribution in [1.82, 2.24) is 0 Å². The summed E-state index contributed by atoms with van der Waals surface area (Å²) >= 11 is 3.26. The van der Waals surface area contributed by atoms with Crippen molar-refractivity contribution in [3.8, 4) is 0 Å². The molecule has 0 heterocycles. The maximum atomic E-state index is 11.5. The molecule has 0 fully saturated rings. The van der Waals surface area contributed by atoms with Crippen LogP contribution in [0.3, 0.4) is 0 Å². The summed E-state index contributed by atoms with van der Waals surface area (Å²) < 4.78 is 4.86. The molecule has 1 rings (SSSR count). The van der Waals surface area contributed by atoms with Gasteiger partial charge in [0.2, 0.25) is 0 Å². The Labute approximate surface area is 108 Å². The highest BCUT2D eigenvalue weighted by atomic mass is 79.9. The van der Waals surface area contributed by atoms with Gasteiger partial charge in [-0.2, -0.15) is 0 Å². The number of ketones is 1. The number of hydrogen-bond donors (Lipinski definition) is 1. The molecule has 1 aromatic carbocycles. The van der Waals surface area contributed by atoms with Crippen molar-refractivity contribution in [2.45, 2.75) is 18.7 Å². The minimum atomic E-state index is -0.453. The van der Waals surface area contributed by atoms with Crippen LogP contribution in [-0.4, -0.2) is 18.4 Å². The van der Waals surface area contributed by atoms with Crippen molar-refractivity contribution in [2.75, 3.05) is 12.3 Å². The smallest absolute Gasteiger partial charge is 0.340 e. The van der Waals surface area contributed by atoms with E-state index >= 15 is 0 Å². The summed E-state index contributed by atoms with van der Waals surface area (Å²) in [6.07, 6.45) is 0. The second-order valence-electron chi connectivity index (χ2n) is 3.54. The molecule has 5 heteroatoms. The van der Waals surface area contributed by atoms with Crippen LogP contribution < -0.4 is 5.73 Å². The Kier molecular flexibility index (Phi) is 4.69. The summed E-state index contributed by atoms with van der Waals surface area (Å²) in [4.78, 5) is 22.3. The molecule has 4 nitrogen and oxygen atoms in total. The van der Waals surface area contributed by atoms with Gasteiger partial charge in [0.15, 0.2) is 0 Å². The first-order valence-electron chi connectivity index (χ1n) is 5.18. The first-order chi connectivity index (χ1) is 7.97. The summed E-state index contributed by atoms with van der Waals surface area (Å²) in [5, 5.41) is 0. The number of rotatable bonds is 4. The number of hydrogen-bond acceptors (Lipinski definition) is 4. The van der Waals surface area contributed by atoms with Crippen LogP contribution in [0.4, 0.5) is 5.69 Å². The van der Waals surface area contributed by atoms with Crippen LogP contribution >= 0.6 is 15.9 Å². The van der Waals surface area contributed by atoms with Crippen LogP contribution in [0.15, 0.2) is 18.2 Å². The van der Waals surface area contributed by atoms with Crippen LogP contribution in [-0.2, 0) is 9.53 Å². The van der Waals surface area contributed by atoms with Crippen LogP contribution in [0.2, 0.25) is 0 Å². The van der Waals surface area contributed by atoms with Crippen molar-refractivity contribution >= 4 is 33.4 Å². The summed E-state index contributed by atoms with van der Waals surface area (Å²) in [6.45, 7) is 3.51. The van der Waals surface area contributed by atoms with Gasteiger partial charge in [0.1, 0.15) is 5.78 Å². The predicted octanol–water partition coefficient (Wildman–Crippen LogP) is 2.47. The van der Waals surface area contributed by atoms with Crippen molar-refractivity contribution in [3.63, 3.8) is 0 Å². The van der Waals surface area contributed by atoms with Crippen molar-refractivity contribution in [3.05, 3.63) is 29.3 Å². The highest BCUT2D eigenvalue weighted by Gasteiger charge is 2.16. The SMILES string of the molecule is CCOC(=O)c1ccc(C(Br)C(C)=O)cc1N. The summed E-state index contributed by atoms with van der Waals surface area (Å²) in [7, 11) is 0. The largest absolute Gasteiger partial charge is 0.462 e. The zero-order valence-corrected chi connectivity index (χ0v) is 11.3. The number of halogens is 1. The lowest BCUT2D eigenvalue weighted by atomic mass is 10.1. The van der Waals surface area contributed by atoms with Gasteiger partial charge in [0, 0.05) is 5.69 Å². The normalized spacial score (nSPS) is 11.9.